The van der Waals surface area contributed by atoms with Crippen molar-refractivity contribution in [3.05, 3.63) is 11.7 Å². The van der Waals surface area contributed by atoms with Crippen LogP contribution in [-0.4, -0.2) is 53.2 Å². The zero-order valence-corrected chi connectivity index (χ0v) is 13.2. The molecular formula is C16H26N4O. The Kier molecular flexibility index (Phi) is 3.30. The summed E-state index contributed by atoms with van der Waals surface area (Å²) in [6.07, 6.45) is 6.78. The first kappa shape index (κ1) is 13.7. The summed E-state index contributed by atoms with van der Waals surface area (Å²) in [5, 5.41) is 4.15. The van der Waals surface area contributed by atoms with E-state index in [-0.39, 0.29) is 0 Å². The summed E-state index contributed by atoms with van der Waals surface area (Å²) in [5.41, 5.74) is 0.480. The number of likely N-dealkylation sites (tertiary alicyclic amines) is 2. The lowest BCUT2D eigenvalue weighted by Gasteiger charge is -2.39. The van der Waals surface area contributed by atoms with Crippen molar-refractivity contribution in [2.24, 2.45) is 11.3 Å². The Morgan fingerprint density at radius 2 is 2.05 bits per heavy atom. The van der Waals surface area contributed by atoms with Crippen LogP contribution in [0.2, 0.25) is 0 Å². The van der Waals surface area contributed by atoms with E-state index in [9.17, 15) is 0 Å². The smallest absolute Gasteiger partial charge is 0.223 e. The Hall–Kier alpha value is -0.940. The maximum atomic E-state index is 5.17. The van der Waals surface area contributed by atoms with Crippen LogP contribution in [0, 0.1) is 18.3 Å². The van der Waals surface area contributed by atoms with Crippen LogP contribution < -0.4 is 0 Å². The van der Waals surface area contributed by atoms with Gasteiger partial charge in [0, 0.05) is 20.0 Å². The van der Waals surface area contributed by atoms with E-state index in [0.29, 0.717) is 17.3 Å². The van der Waals surface area contributed by atoms with Gasteiger partial charge in [-0.25, -0.2) is 0 Å². The average molecular weight is 290 g/mol. The second-order valence-corrected chi connectivity index (χ2v) is 7.55. The molecule has 1 aliphatic carbocycles. The average Bonchev–Trinajstić information content (AvgIpc) is 3.08. The number of nitrogens with zero attached hydrogens (tertiary/aromatic N) is 4. The van der Waals surface area contributed by atoms with Crippen LogP contribution in [0.3, 0.4) is 0 Å². The van der Waals surface area contributed by atoms with E-state index >= 15 is 0 Å². The lowest BCUT2D eigenvalue weighted by atomic mass is 9.76. The number of aromatic nitrogens is 2. The molecule has 1 spiro atoms. The first-order valence-electron chi connectivity index (χ1n) is 8.36. The highest BCUT2D eigenvalue weighted by Crippen LogP contribution is 2.48. The first-order valence-corrected chi connectivity index (χ1v) is 8.36. The highest BCUT2D eigenvalue weighted by Gasteiger charge is 2.46. The number of aryl methyl sites for hydroxylation is 1. The largest absolute Gasteiger partial charge is 0.340 e. The van der Waals surface area contributed by atoms with Gasteiger partial charge in [-0.3, -0.25) is 4.90 Å². The molecule has 3 fully saturated rings. The normalized spacial score (nSPS) is 30.3. The molecule has 3 heterocycles. The molecule has 4 rings (SSSR count). The summed E-state index contributed by atoms with van der Waals surface area (Å²) >= 11 is 0. The van der Waals surface area contributed by atoms with Gasteiger partial charge in [-0.1, -0.05) is 5.16 Å². The van der Waals surface area contributed by atoms with Crippen molar-refractivity contribution in [2.45, 2.75) is 45.1 Å². The van der Waals surface area contributed by atoms with Crippen molar-refractivity contribution in [1.82, 2.24) is 19.9 Å². The third-order valence-electron chi connectivity index (χ3n) is 5.71. The molecule has 0 N–H and O–H groups in total. The molecule has 2 aliphatic heterocycles. The molecule has 21 heavy (non-hydrogen) atoms. The van der Waals surface area contributed by atoms with Crippen molar-refractivity contribution in [3.8, 4) is 0 Å². The molecule has 2 saturated heterocycles. The molecule has 1 atom stereocenters. The molecule has 3 aliphatic rings. The third-order valence-corrected chi connectivity index (χ3v) is 5.71. The van der Waals surface area contributed by atoms with Crippen molar-refractivity contribution in [3.63, 3.8) is 0 Å². The standard InChI is InChI=1S/C16H26N4O/c1-12-17-15(18-21-12)14-9-16(11-19(14)2)5-7-20(8-6-16)10-13-3-4-13/h13-14H,3-11H2,1-2H3. The van der Waals surface area contributed by atoms with Crippen LogP contribution in [0.15, 0.2) is 4.52 Å². The van der Waals surface area contributed by atoms with Crippen LogP contribution in [0.25, 0.3) is 0 Å². The van der Waals surface area contributed by atoms with Crippen LogP contribution in [0.1, 0.15) is 49.9 Å². The molecule has 0 bridgehead atoms. The molecular weight excluding hydrogens is 264 g/mol. The van der Waals surface area contributed by atoms with Crippen molar-refractivity contribution >= 4 is 0 Å². The fourth-order valence-electron chi connectivity index (χ4n) is 4.25. The van der Waals surface area contributed by atoms with E-state index in [4.69, 9.17) is 4.52 Å². The Balaban J connectivity index is 1.40. The van der Waals surface area contributed by atoms with E-state index in [1.54, 1.807) is 0 Å². The summed E-state index contributed by atoms with van der Waals surface area (Å²) < 4.78 is 5.17. The Labute approximate surface area is 126 Å². The molecule has 1 unspecified atom stereocenters. The second kappa shape index (κ2) is 5.06. The minimum atomic E-state index is 0.345. The highest BCUT2D eigenvalue weighted by atomic mass is 16.5. The van der Waals surface area contributed by atoms with Gasteiger partial charge in [0.25, 0.3) is 0 Å². The molecule has 5 nitrogen and oxygen atoms in total. The molecule has 1 aromatic rings. The predicted molar refractivity (Wildman–Crippen MR) is 79.9 cm³/mol. The number of hydrogen-bond donors (Lipinski definition) is 0. The Bertz CT molecular complexity index is 502. The summed E-state index contributed by atoms with van der Waals surface area (Å²) in [5.74, 6) is 2.58. The van der Waals surface area contributed by atoms with Crippen molar-refractivity contribution in [1.29, 1.82) is 0 Å². The fourth-order valence-corrected chi connectivity index (χ4v) is 4.25. The summed E-state index contributed by atoms with van der Waals surface area (Å²) in [7, 11) is 2.21. The Morgan fingerprint density at radius 1 is 1.29 bits per heavy atom. The molecule has 0 radical (unpaired) electrons. The van der Waals surface area contributed by atoms with Crippen LogP contribution in [0.5, 0.6) is 0 Å². The lowest BCUT2D eigenvalue weighted by molar-refractivity contribution is 0.107. The zero-order valence-electron chi connectivity index (χ0n) is 13.2. The topological polar surface area (TPSA) is 45.4 Å². The maximum Gasteiger partial charge on any atom is 0.223 e. The lowest BCUT2D eigenvalue weighted by Crippen LogP contribution is -2.42. The minimum absolute atomic E-state index is 0.345. The predicted octanol–water partition coefficient (Wildman–Crippen LogP) is 2.25. The van der Waals surface area contributed by atoms with Gasteiger partial charge in [0.1, 0.15) is 0 Å². The molecule has 116 valence electrons. The quantitative estimate of drug-likeness (QED) is 0.854. The van der Waals surface area contributed by atoms with Crippen molar-refractivity contribution in [2.75, 3.05) is 33.2 Å². The van der Waals surface area contributed by atoms with Gasteiger partial charge in [0.15, 0.2) is 5.82 Å². The third kappa shape index (κ3) is 2.73. The van der Waals surface area contributed by atoms with Gasteiger partial charge in [-0.05, 0) is 63.6 Å². The van der Waals surface area contributed by atoms with Gasteiger partial charge >= 0.3 is 0 Å². The summed E-state index contributed by atoms with van der Waals surface area (Å²) in [6.45, 7) is 6.96. The maximum absolute atomic E-state index is 5.17. The van der Waals surface area contributed by atoms with E-state index < -0.39 is 0 Å². The first-order chi connectivity index (χ1) is 10.1. The fraction of sp³-hybridized carbons (Fsp3) is 0.875. The second-order valence-electron chi connectivity index (χ2n) is 7.55. The summed E-state index contributed by atoms with van der Waals surface area (Å²) in [6, 6.07) is 0.345. The van der Waals surface area contributed by atoms with E-state index in [1.165, 1.54) is 58.3 Å². The van der Waals surface area contributed by atoms with Crippen molar-refractivity contribution < 1.29 is 4.52 Å². The van der Waals surface area contributed by atoms with Crippen LogP contribution in [0.4, 0.5) is 0 Å². The molecule has 0 amide bonds. The zero-order chi connectivity index (χ0) is 14.4. The number of piperidine rings is 1. The van der Waals surface area contributed by atoms with Gasteiger partial charge in [0.2, 0.25) is 5.89 Å². The van der Waals surface area contributed by atoms with E-state index in [0.717, 1.165) is 11.7 Å². The van der Waals surface area contributed by atoms with Gasteiger partial charge in [-0.15, -0.1) is 0 Å². The van der Waals surface area contributed by atoms with Crippen LogP contribution in [-0.2, 0) is 0 Å². The van der Waals surface area contributed by atoms with Crippen LogP contribution >= 0.6 is 0 Å². The van der Waals surface area contributed by atoms with Gasteiger partial charge < -0.3 is 9.42 Å². The molecule has 5 heteroatoms. The van der Waals surface area contributed by atoms with Gasteiger partial charge in [0.05, 0.1) is 6.04 Å². The van der Waals surface area contributed by atoms with E-state index in [1.807, 2.05) is 6.92 Å². The molecule has 1 aromatic heterocycles. The monoisotopic (exact) mass is 290 g/mol. The minimum Gasteiger partial charge on any atom is -0.340 e. The molecule has 0 aromatic carbocycles. The number of hydrogen-bond acceptors (Lipinski definition) is 5. The Morgan fingerprint density at radius 3 is 2.67 bits per heavy atom. The highest BCUT2D eigenvalue weighted by molar-refractivity contribution is 5.05. The SMILES string of the molecule is Cc1nc(C2CC3(CCN(CC4CC4)CC3)CN2C)no1. The van der Waals surface area contributed by atoms with E-state index in [2.05, 4.69) is 27.0 Å². The summed E-state index contributed by atoms with van der Waals surface area (Å²) in [4.78, 5) is 9.57. The number of rotatable bonds is 3. The molecule has 1 saturated carbocycles. The van der Waals surface area contributed by atoms with Gasteiger partial charge in [-0.2, -0.15) is 4.98 Å².